The topological polar surface area (TPSA) is 71.1 Å². The number of pyridine rings is 1. The van der Waals surface area contributed by atoms with Crippen LogP contribution in [-0.4, -0.2) is 24.0 Å². The van der Waals surface area contributed by atoms with E-state index in [4.69, 9.17) is 11.6 Å². The van der Waals surface area contributed by atoms with Gasteiger partial charge in [-0.2, -0.15) is 13.2 Å². The fourth-order valence-corrected chi connectivity index (χ4v) is 2.42. The lowest BCUT2D eigenvalue weighted by Crippen LogP contribution is -2.40. The highest BCUT2D eigenvalue weighted by molar-refractivity contribution is 6.31. The van der Waals surface area contributed by atoms with Gasteiger partial charge in [0.15, 0.2) is 0 Å². The van der Waals surface area contributed by atoms with E-state index in [1.54, 1.807) is 12.1 Å². The predicted molar refractivity (Wildman–Crippen MR) is 85.1 cm³/mol. The molecular weight excluding hydrogens is 359 g/mol. The number of halogens is 4. The summed E-state index contributed by atoms with van der Waals surface area (Å²) in [5.74, 6) is -2.13. The average Bonchev–Trinajstić information content (AvgIpc) is 2.56. The number of carbonyl (C=O) groups is 2. The van der Waals surface area contributed by atoms with Crippen LogP contribution in [-0.2, 0) is 11.0 Å². The lowest BCUT2D eigenvalue weighted by Gasteiger charge is -2.18. The van der Waals surface area contributed by atoms with Crippen LogP contribution in [0.25, 0.3) is 0 Å². The minimum atomic E-state index is -4.60. The number of benzene rings is 1. The van der Waals surface area contributed by atoms with Gasteiger partial charge in [0.2, 0.25) is 5.91 Å². The molecule has 0 saturated carbocycles. The molecule has 0 bridgehead atoms. The maximum absolute atomic E-state index is 13.0. The number of carbonyl (C=O) groups excluding carboxylic acids is 2. The van der Waals surface area contributed by atoms with E-state index in [0.717, 1.165) is 18.3 Å². The Labute approximate surface area is 146 Å². The second-order valence-corrected chi connectivity index (χ2v) is 5.40. The molecule has 1 aromatic carbocycles. The van der Waals surface area contributed by atoms with Crippen LogP contribution in [0.1, 0.15) is 22.7 Å². The number of nitrogens with zero attached hydrogens (tertiary/aromatic N) is 1. The van der Waals surface area contributed by atoms with E-state index < -0.39 is 29.6 Å². The molecule has 0 aliphatic carbocycles. The van der Waals surface area contributed by atoms with Gasteiger partial charge in [0.25, 0.3) is 0 Å². The maximum Gasteiger partial charge on any atom is 0.416 e. The van der Waals surface area contributed by atoms with Crippen LogP contribution in [0.5, 0.6) is 0 Å². The molecule has 0 aliphatic rings. The lowest BCUT2D eigenvalue weighted by atomic mass is 9.93. The first-order valence-corrected chi connectivity index (χ1v) is 7.42. The number of imide groups is 1. The summed E-state index contributed by atoms with van der Waals surface area (Å²) >= 11 is 6.08. The molecule has 9 heteroatoms. The van der Waals surface area contributed by atoms with Crippen LogP contribution in [0.2, 0.25) is 5.02 Å². The second-order valence-electron chi connectivity index (χ2n) is 4.99. The van der Waals surface area contributed by atoms with Crippen molar-refractivity contribution in [3.05, 3.63) is 64.4 Å². The molecule has 1 aromatic heterocycles. The fraction of sp³-hybridized carbons (Fsp3) is 0.188. The molecule has 132 valence electrons. The first-order chi connectivity index (χ1) is 11.7. The molecule has 0 aliphatic heterocycles. The molecule has 1 heterocycles. The van der Waals surface area contributed by atoms with Gasteiger partial charge in [-0.3, -0.25) is 15.1 Å². The summed E-state index contributed by atoms with van der Waals surface area (Å²) in [7, 11) is 1.30. The summed E-state index contributed by atoms with van der Waals surface area (Å²) in [6.07, 6.45) is -3.64. The molecule has 0 spiro atoms. The molecule has 2 rings (SSSR count). The molecule has 2 aromatic rings. The standard InChI is InChI=1S/C16H13ClF3N3O2/c1-21-15(25)23-14(24)13(10-4-2-3-5-11(10)17)12-8-9(6-7-22-12)16(18,19)20/h2-8,13H,1H3,(H2,21,23,24,25). The van der Waals surface area contributed by atoms with E-state index in [1.165, 1.54) is 19.2 Å². The average molecular weight is 372 g/mol. The van der Waals surface area contributed by atoms with Crippen molar-refractivity contribution in [2.24, 2.45) is 0 Å². The number of alkyl halides is 3. The number of hydrogen-bond donors (Lipinski definition) is 2. The monoisotopic (exact) mass is 371 g/mol. The van der Waals surface area contributed by atoms with E-state index >= 15 is 0 Å². The van der Waals surface area contributed by atoms with Crippen molar-refractivity contribution in [3.63, 3.8) is 0 Å². The Morgan fingerprint density at radius 3 is 2.48 bits per heavy atom. The van der Waals surface area contributed by atoms with Crippen molar-refractivity contribution in [3.8, 4) is 0 Å². The Morgan fingerprint density at radius 1 is 1.20 bits per heavy atom. The fourth-order valence-electron chi connectivity index (χ4n) is 2.17. The highest BCUT2D eigenvalue weighted by Gasteiger charge is 2.33. The summed E-state index contributed by atoms with van der Waals surface area (Å²) in [4.78, 5) is 27.8. The third-order valence-electron chi connectivity index (χ3n) is 3.35. The maximum atomic E-state index is 13.0. The summed E-state index contributed by atoms with van der Waals surface area (Å²) in [5.41, 5.74) is -0.899. The predicted octanol–water partition coefficient (Wildman–Crippen LogP) is 3.34. The third kappa shape index (κ3) is 4.48. The van der Waals surface area contributed by atoms with Crippen molar-refractivity contribution in [2.45, 2.75) is 12.1 Å². The lowest BCUT2D eigenvalue weighted by molar-refractivity contribution is -0.137. The van der Waals surface area contributed by atoms with Crippen LogP contribution < -0.4 is 10.6 Å². The summed E-state index contributed by atoms with van der Waals surface area (Å²) in [5, 5.41) is 4.41. The van der Waals surface area contributed by atoms with Gasteiger partial charge in [-0.25, -0.2) is 4.79 Å². The normalized spacial score (nSPS) is 12.4. The summed E-state index contributed by atoms with van der Waals surface area (Å²) in [6.45, 7) is 0. The van der Waals surface area contributed by atoms with Gasteiger partial charge in [-0.15, -0.1) is 0 Å². The number of urea groups is 1. The van der Waals surface area contributed by atoms with E-state index in [2.05, 4.69) is 10.3 Å². The Hall–Kier alpha value is -2.61. The Morgan fingerprint density at radius 2 is 1.88 bits per heavy atom. The molecular formula is C16H13ClF3N3O2. The van der Waals surface area contributed by atoms with Crippen LogP contribution >= 0.6 is 11.6 Å². The molecule has 0 fully saturated rings. The van der Waals surface area contributed by atoms with Crippen molar-refractivity contribution in [2.75, 3.05) is 7.05 Å². The molecule has 5 nitrogen and oxygen atoms in total. The van der Waals surface area contributed by atoms with Crippen LogP contribution in [0, 0.1) is 0 Å². The van der Waals surface area contributed by atoms with Crippen LogP contribution in [0.4, 0.5) is 18.0 Å². The quantitative estimate of drug-likeness (QED) is 0.869. The van der Waals surface area contributed by atoms with Crippen molar-refractivity contribution in [1.29, 1.82) is 0 Å². The molecule has 0 saturated heterocycles. The zero-order valence-electron chi connectivity index (χ0n) is 12.9. The Balaban J connectivity index is 2.54. The highest BCUT2D eigenvalue weighted by atomic mass is 35.5. The molecule has 0 radical (unpaired) electrons. The number of hydrogen-bond acceptors (Lipinski definition) is 3. The van der Waals surface area contributed by atoms with Gasteiger partial charge in [0.05, 0.1) is 11.3 Å². The molecule has 25 heavy (non-hydrogen) atoms. The van der Waals surface area contributed by atoms with Gasteiger partial charge in [-0.1, -0.05) is 29.8 Å². The highest BCUT2D eigenvalue weighted by Crippen LogP contribution is 2.34. The van der Waals surface area contributed by atoms with Gasteiger partial charge in [0.1, 0.15) is 5.92 Å². The smallest absolute Gasteiger partial charge is 0.341 e. The minimum absolute atomic E-state index is 0.166. The molecule has 2 N–H and O–H groups in total. The van der Waals surface area contributed by atoms with E-state index in [0.29, 0.717) is 0 Å². The van der Waals surface area contributed by atoms with Crippen LogP contribution in [0.3, 0.4) is 0 Å². The number of rotatable bonds is 3. The summed E-state index contributed by atoms with van der Waals surface area (Å²) < 4.78 is 38.9. The van der Waals surface area contributed by atoms with Crippen molar-refractivity contribution >= 4 is 23.5 Å². The SMILES string of the molecule is CNC(=O)NC(=O)C(c1cc(C(F)(F)F)ccn1)c1ccccc1Cl. The molecule has 1 unspecified atom stereocenters. The number of aromatic nitrogens is 1. The molecule has 1 atom stereocenters. The minimum Gasteiger partial charge on any atom is -0.341 e. The van der Waals surface area contributed by atoms with Gasteiger partial charge >= 0.3 is 12.2 Å². The van der Waals surface area contributed by atoms with Gasteiger partial charge in [-0.05, 0) is 23.8 Å². The van der Waals surface area contributed by atoms with Crippen LogP contribution in [0.15, 0.2) is 42.6 Å². The second kappa shape index (κ2) is 7.52. The zero-order valence-corrected chi connectivity index (χ0v) is 13.7. The van der Waals surface area contributed by atoms with Gasteiger partial charge < -0.3 is 5.32 Å². The molecule has 3 amide bonds. The first-order valence-electron chi connectivity index (χ1n) is 7.04. The van der Waals surface area contributed by atoms with Crippen molar-refractivity contribution < 1.29 is 22.8 Å². The first kappa shape index (κ1) is 18.7. The third-order valence-corrected chi connectivity index (χ3v) is 3.69. The van der Waals surface area contributed by atoms with Crippen molar-refractivity contribution in [1.82, 2.24) is 15.6 Å². The Bertz CT molecular complexity index is 796. The van der Waals surface area contributed by atoms with E-state index in [1.807, 2.05) is 5.32 Å². The van der Waals surface area contributed by atoms with E-state index in [9.17, 15) is 22.8 Å². The zero-order chi connectivity index (χ0) is 18.6. The number of amides is 3. The number of nitrogens with one attached hydrogen (secondary N) is 2. The van der Waals surface area contributed by atoms with Gasteiger partial charge in [0, 0.05) is 18.3 Å². The largest absolute Gasteiger partial charge is 0.416 e. The Kier molecular flexibility index (Phi) is 5.63. The van der Waals surface area contributed by atoms with E-state index in [-0.39, 0.29) is 16.3 Å². The summed E-state index contributed by atoms with van der Waals surface area (Å²) in [6, 6.07) is 6.92.